The van der Waals surface area contributed by atoms with Gasteiger partial charge in [0, 0.05) is 0 Å². The van der Waals surface area contributed by atoms with Crippen molar-refractivity contribution in [1.82, 2.24) is 0 Å². The Morgan fingerprint density at radius 3 is 1.43 bits per heavy atom. The molecule has 4 N–H and O–H groups in total. The zero-order valence-corrected chi connectivity index (χ0v) is 11.6. The molecule has 0 atom stereocenters. The van der Waals surface area contributed by atoms with Crippen LogP contribution in [-0.4, -0.2) is 92.8 Å². The average molecular weight is 331 g/mol. The molecule has 14 heavy (non-hydrogen) atoms. The Hall–Kier alpha value is -0.0586. The van der Waals surface area contributed by atoms with Gasteiger partial charge >= 0.3 is 66.8 Å². The van der Waals surface area contributed by atoms with Crippen molar-refractivity contribution in [2.24, 2.45) is 0 Å². The Morgan fingerprint density at radius 2 is 1.29 bits per heavy atom. The third-order valence-electron chi connectivity index (χ3n) is 1.29. The van der Waals surface area contributed by atoms with Crippen LogP contribution >= 0.6 is 0 Å². The van der Waals surface area contributed by atoms with Gasteiger partial charge in [-0.1, -0.05) is 0 Å². The molecule has 0 aromatic heterocycles. The van der Waals surface area contributed by atoms with Crippen LogP contribution in [0, 0.1) is 0 Å². The van der Waals surface area contributed by atoms with E-state index in [1.165, 1.54) is 0 Å². The fourth-order valence-corrected chi connectivity index (χ4v) is 0.714. The fraction of sp³-hybridized carbons (Fsp3) is 0.500. The van der Waals surface area contributed by atoms with Crippen molar-refractivity contribution < 1.29 is 37.7 Å². The largest absolute Gasteiger partial charge is 2.00 e. The third kappa shape index (κ3) is 5.63. The van der Waals surface area contributed by atoms with Crippen LogP contribution in [0.1, 0.15) is 15.7 Å². The third-order valence-corrected chi connectivity index (χ3v) is 1.29. The molecule has 0 spiro atoms. The minimum absolute atomic E-state index is 0. The van der Waals surface area contributed by atoms with Gasteiger partial charge in [-0.3, -0.25) is 9.59 Å². The molecule has 0 saturated heterocycles. The van der Waals surface area contributed by atoms with E-state index in [0.717, 1.165) is 0 Å². The minimum Gasteiger partial charge on any atom is -1.00 e. The standard InChI is InChI=1S/C6H8O7.Ba.2H/c7-3(8)1-6(13,5(11)12)2-4(9)10;;;/h13H,1-2H2,(H,7,8)(H,9,10)(H,11,12);;;/q;+2;2*-1. The molecule has 7 nitrogen and oxygen atoms in total. The van der Waals surface area contributed by atoms with E-state index < -0.39 is 36.4 Å². The van der Waals surface area contributed by atoms with E-state index in [-0.39, 0.29) is 51.7 Å². The van der Waals surface area contributed by atoms with Crippen LogP contribution in [0.25, 0.3) is 0 Å². The maximum atomic E-state index is 10.3. The van der Waals surface area contributed by atoms with E-state index in [4.69, 9.17) is 20.4 Å². The molecular formula is C6H10BaO7. The first-order chi connectivity index (χ1) is 5.78. The van der Waals surface area contributed by atoms with Gasteiger partial charge in [-0.05, 0) is 0 Å². The second-order valence-corrected chi connectivity index (χ2v) is 2.48. The van der Waals surface area contributed by atoms with Crippen LogP contribution in [0.4, 0.5) is 0 Å². The number of carboxylic acids is 3. The zero-order chi connectivity index (χ0) is 10.6. The van der Waals surface area contributed by atoms with E-state index in [1.54, 1.807) is 0 Å². The second kappa shape index (κ2) is 6.43. The molecule has 0 aromatic rings. The molecule has 0 aliphatic heterocycles. The van der Waals surface area contributed by atoms with E-state index in [1.807, 2.05) is 0 Å². The summed E-state index contributed by atoms with van der Waals surface area (Å²) in [5.74, 6) is -5.02. The summed E-state index contributed by atoms with van der Waals surface area (Å²) >= 11 is 0. The van der Waals surface area contributed by atoms with Gasteiger partial charge in [0.05, 0.1) is 12.8 Å². The minimum atomic E-state index is -2.74. The summed E-state index contributed by atoms with van der Waals surface area (Å²) in [6.07, 6.45) is -2.29. The van der Waals surface area contributed by atoms with Gasteiger partial charge in [-0.15, -0.1) is 0 Å². The molecule has 0 bridgehead atoms. The van der Waals surface area contributed by atoms with Crippen molar-refractivity contribution in [3.63, 3.8) is 0 Å². The van der Waals surface area contributed by atoms with Gasteiger partial charge in [0.15, 0.2) is 5.60 Å². The van der Waals surface area contributed by atoms with Crippen LogP contribution in [0.5, 0.6) is 0 Å². The first kappa shape index (κ1) is 16.4. The van der Waals surface area contributed by atoms with Crippen LogP contribution in [0.2, 0.25) is 0 Å². The van der Waals surface area contributed by atoms with Gasteiger partial charge in [-0.25, -0.2) is 4.79 Å². The summed E-state index contributed by atoms with van der Waals surface area (Å²) in [5, 5.41) is 33.8. The molecule has 0 rings (SSSR count). The van der Waals surface area contributed by atoms with Crippen LogP contribution in [0.3, 0.4) is 0 Å². The molecule has 0 aromatic carbocycles. The van der Waals surface area contributed by atoms with Gasteiger partial charge in [-0.2, -0.15) is 0 Å². The van der Waals surface area contributed by atoms with Crippen molar-refractivity contribution in [1.29, 1.82) is 0 Å². The van der Waals surface area contributed by atoms with E-state index in [2.05, 4.69) is 0 Å². The van der Waals surface area contributed by atoms with Gasteiger partial charge < -0.3 is 23.3 Å². The summed E-state index contributed by atoms with van der Waals surface area (Å²) in [4.78, 5) is 30.5. The Kier molecular flexibility index (Phi) is 7.52. The maximum absolute atomic E-state index is 10.3. The Morgan fingerprint density at radius 1 is 1.00 bits per heavy atom. The van der Waals surface area contributed by atoms with Crippen molar-refractivity contribution in [3.05, 3.63) is 0 Å². The monoisotopic (exact) mass is 332 g/mol. The molecule has 0 heterocycles. The van der Waals surface area contributed by atoms with E-state index in [0.29, 0.717) is 0 Å². The molecule has 0 saturated carbocycles. The molecule has 0 amide bonds. The van der Waals surface area contributed by atoms with Gasteiger partial charge in [0.25, 0.3) is 0 Å². The first-order valence-electron chi connectivity index (χ1n) is 3.17. The van der Waals surface area contributed by atoms with Crippen molar-refractivity contribution in [2.45, 2.75) is 18.4 Å². The van der Waals surface area contributed by atoms with Crippen molar-refractivity contribution in [3.8, 4) is 0 Å². The molecule has 0 aliphatic rings. The number of hydrogen-bond donors (Lipinski definition) is 4. The Balaban J connectivity index is -0.000000240. The number of carbonyl (C=O) groups is 3. The number of carboxylic acid groups (broad SMARTS) is 3. The maximum Gasteiger partial charge on any atom is 2.00 e. The molecular weight excluding hydrogens is 321 g/mol. The number of hydrogen-bond acceptors (Lipinski definition) is 4. The van der Waals surface area contributed by atoms with Crippen molar-refractivity contribution >= 4 is 66.8 Å². The zero-order valence-electron chi connectivity index (χ0n) is 9.13. The predicted molar refractivity (Wildman–Crippen MR) is 45.1 cm³/mol. The second-order valence-electron chi connectivity index (χ2n) is 2.48. The van der Waals surface area contributed by atoms with Crippen molar-refractivity contribution in [2.75, 3.05) is 0 Å². The van der Waals surface area contributed by atoms with Crippen LogP contribution < -0.4 is 0 Å². The molecule has 0 radical (unpaired) electrons. The van der Waals surface area contributed by atoms with Gasteiger partial charge in [0.1, 0.15) is 0 Å². The summed E-state index contributed by atoms with van der Waals surface area (Å²) in [5.41, 5.74) is -2.74. The summed E-state index contributed by atoms with van der Waals surface area (Å²) < 4.78 is 0. The van der Waals surface area contributed by atoms with Crippen LogP contribution in [-0.2, 0) is 14.4 Å². The smallest absolute Gasteiger partial charge is 1.00 e. The molecule has 78 valence electrons. The average Bonchev–Trinajstić information content (AvgIpc) is 1.82. The topological polar surface area (TPSA) is 132 Å². The molecule has 8 heteroatoms. The summed E-state index contributed by atoms with van der Waals surface area (Å²) in [6, 6.07) is 0. The first-order valence-corrected chi connectivity index (χ1v) is 3.17. The van der Waals surface area contributed by atoms with E-state index >= 15 is 0 Å². The van der Waals surface area contributed by atoms with Gasteiger partial charge in [0.2, 0.25) is 0 Å². The Bertz CT molecular complexity index is 241. The number of rotatable bonds is 5. The normalized spacial score (nSPS) is 10.1. The summed E-state index contributed by atoms with van der Waals surface area (Å²) in [7, 11) is 0. The predicted octanol–water partition coefficient (Wildman–Crippen LogP) is -1.40. The molecule has 0 aliphatic carbocycles. The fourth-order valence-electron chi connectivity index (χ4n) is 0.714. The van der Waals surface area contributed by atoms with E-state index in [9.17, 15) is 14.4 Å². The van der Waals surface area contributed by atoms with Crippen LogP contribution in [0.15, 0.2) is 0 Å². The number of aliphatic carboxylic acids is 3. The number of aliphatic hydroxyl groups is 1. The summed E-state index contributed by atoms with van der Waals surface area (Å²) in [6.45, 7) is 0. The molecule has 0 fully saturated rings. The molecule has 0 unspecified atom stereocenters. The quantitative estimate of drug-likeness (QED) is 0.455. The SMILES string of the molecule is O=C(O)CC(O)(CC(=O)O)C(=O)O.[Ba+2].[H-].[H-]. The Labute approximate surface area is 122 Å².